The van der Waals surface area contributed by atoms with Gasteiger partial charge in [0.1, 0.15) is 7.83 Å². The molecule has 1 rings (SSSR count). The van der Waals surface area contributed by atoms with Crippen LogP contribution < -0.4 is 68.7 Å². The van der Waals surface area contributed by atoms with Gasteiger partial charge in [0, 0.05) is 5.60 Å². The van der Waals surface area contributed by atoms with Crippen LogP contribution in [-0.2, 0) is 4.43 Å². The summed E-state index contributed by atoms with van der Waals surface area (Å²) < 4.78 is 5.65. The monoisotopic (exact) mass is 250 g/mol. The first-order valence-electron chi connectivity index (χ1n) is 4.27. The summed E-state index contributed by atoms with van der Waals surface area (Å²) in [5.41, 5.74) is -0.235. The second kappa shape index (κ2) is 5.77. The number of hydrogen-bond donors (Lipinski definition) is 0. The first-order valence-corrected chi connectivity index (χ1v) is 10.2. The Morgan fingerprint density at radius 3 is 1.86 bits per heavy atom. The zero-order chi connectivity index (χ0) is 9.62. The van der Waals surface area contributed by atoms with Crippen molar-refractivity contribution in [3.63, 3.8) is 0 Å². The second-order valence-electron chi connectivity index (χ2n) is 4.62. The molecule has 0 N–H and O–H groups in total. The minimum absolute atomic E-state index is 0. The minimum Gasteiger partial charge on any atom is -0.870 e. The van der Waals surface area contributed by atoms with Crippen molar-refractivity contribution in [3.8, 4) is 0 Å². The Morgan fingerprint density at radius 2 is 1.57 bits per heavy atom. The molecule has 72 valence electrons. The molecule has 1 aliphatic heterocycles. The smallest absolute Gasteiger partial charge is 0.870 e. The summed E-state index contributed by atoms with van der Waals surface area (Å²) in [7, 11) is -5.92. The van der Waals surface area contributed by atoms with Crippen LogP contribution >= 0.6 is 0 Å². The maximum absolute atomic E-state index is 11.6. The molecule has 0 saturated carbocycles. The largest absolute Gasteiger partial charge is 1.00 e. The summed E-state index contributed by atoms with van der Waals surface area (Å²) in [6, 6.07) is 0.346. The van der Waals surface area contributed by atoms with Crippen LogP contribution in [0.3, 0.4) is 0 Å². The normalized spacial score (nSPS) is 27.0. The first-order chi connectivity index (χ1) is 5.16. The van der Waals surface area contributed by atoms with Crippen LogP contribution in [0, 0.1) is 0 Å². The van der Waals surface area contributed by atoms with Crippen molar-refractivity contribution in [1.29, 1.82) is 0 Å². The molecule has 0 aromatic heterocycles. The summed E-state index contributed by atoms with van der Waals surface area (Å²) in [6.45, 7) is 7.48. The zero-order valence-corrected chi connectivity index (χ0v) is 16.1. The van der Waals surface area contributed by atoms with Gasteiger partial charge in [0.15, 0.2) is 0 Å². The van der Waals surface area contributed by atoms with Gasteiger partial charge >= 0.3 is 59.1 Å². The SMILES string of the molecule is CC1(C)CC[Si]([O-])([O-])[Si](C)(C)O1.[Na+].[Na+]. The molecule has 3 nitrogen and oxygen atoms in total. The Bertz CT molecular complexity index is 197. The third-order valence-corrected chi connectivity index (χ3v) is 12.9. The van der Waals surface area contributed by atoms with E-state index in [4.69, 9.17) is 4.43 Å². The van der Waals surface area contributed by atoms with Crippen LogP contribution in [0.2, 0.25) is 19.1 Å². The van der Waals surface area contributed by atoms with Crippen LogP contribution in [-0.4, -0.2) is 21.5 Å². The molecular formula is C7H16Na2O3Si2. The van der Waals surface area contributed by atoms with Gasteiger partial charge in [-0.05, 0) is 20.3 Å². The predicted octanol–water partition coefficient (Wildman–Crippen LogP) is -6.36. The van der Waals surface area contributed by atoms with Gasteiger partial charge in [0.05, 0.1) is 0 Å². The Morgan fingerprint density at radius 1 is 1.14 bits per heavy atom. The molecule has 0 aromatic rings. The molecule has 14 heavy (non-hydrogen) atoms. The van der Waals surface area contributed by atoms with Crippen molar-refractivity contribution in [3.05, 3.63) is 0 Å². The standard InChI is InChI=1S/C7H16O3Si2.2Na/c1-7(2)5-6-12(8,9)11(3,4)10-7;;/h5-6H2,1-4H3;;/q-2;2*+1. The average Bonchev–Trinajstić information content (AvgIpc) is 1.79. The number of hydrogen-bond acceptors (Lipinski definition) is 3. The van der Waals surface area contributed by atoms with E-state index in [0.717, 1.165) is 0 Å². The minimum atomic E-state index is -3.49. The fourth-order valence-corrected chi connectivity index (χ4v) is 8.23. The van der Waals surface area contributed by atoms with Gasteiger partial charge in [0.2, 0.25) is 0 Å². The Balaban J connectivity index is 0. The van der Waals surface area contributed by atoms with E-state index in [1.165, 1.54) is 0 Å². The molecule has 0 radical (unpaired) electrons. The molecule has 7 heteroatoms. The van der Waals surface area contributed by atoms with Gasteiger partial charge in [0.25, 0.3) is 0 Å². The van der Waals surface area contributed by atoms with Gasteiger partial charge in [-0.25, -0.2) is 0 Å². The van der Waals surface area contributed by atoms with E-state index in [0.29, 0.717) is 12.5 Å². The molecule has 0 aromatic carbocycles. The van der Waals surface area contributed by atoms with E-state index in [1.54, 1.807) is 13.1 Å². The first kappa shape index (κ1) is 18.7. The molecule has 1 aliphatic rings. The van der Waals surface area contributed by atoms with E-state index >= 15 is 0 Å². The van der Waals surface area contributed by atoms with E-state index < -0.39 is 15.9 Å². The van der Waals surface area contributed by atoms with Crippen molar-refractivity contribution >= 4 is 15.9 Å². The van der Waals surface area contributed by atoms with E-state index in [-0.39, 0.29) is 64.7 Å². The van der Waals surface area contributed by atoms with Crippen LogP contribution in [0.4, 0.5) is 0 Å². The van der Waals surface area contributed by atoms with Gasteiger partial charge in [-0.3, -0.25) is 0 Å². The molecule has 1 heterocycles. The fourth-order valence-electron chi connectivity index (χ4n) is 1.59. The summed E-state index contributed by atoms with van der Waals surface area (Å²) in [5.74, 6) is 0. The molecule has 0 atom stereocenters. The van der Waals surface area contributed by atoms with Crippen molar-refractivity contribution < 1.29 is 73.1 Å². The van der Waals surface area contributed by atoms with Gasteiger partial charge in [-0.15, -0.1) is 8.08 Å². The Hall–Kier alpha value is 2.31. The van der Waals surface area contributed by atoms with Crippen molar-refractivity contribution in [2.75, 3.05) is 0 Å². The molecule has 0 spiro atoms. The van der Waals surface area contributed by atoms with Crippen LogP contribution in [0.25, 0.3) is 0 Å². The predicted molar refractivity (Wildman–Crippen MR) is 47.8 cm³/mol. The van der Waals surface area contributed by atoms with Crippen molar-refractivity contribution in [1.82, 2.24) is 0 Å². The molecule has 0 aliphatic carbocycles. The van der Waals surface area contributed by atoms with Gasteiger partial charge in [-0.1, -0.05) is 19.1 Å². The van der Waals surface area contributed by atoms with Crippen molar-refractivity contribution in [2.24, 2.45) is 0 Å². The summed E-state index contributed by atoms with van der Waals surface area (Å²) in [6.07, 6.45) is 0.642. The quantitative estimate of drug-likeness (QED) is 0.402. The topological polar surface area (TPSA) is 55.3 Å². The number of rotatable bonds is 0. The maximum Gasteiger partial charge on any atom is 1.00 e. The summed E-state index contributed by atoms with van der Waals surface area (Å²) in [4.78, 5) is 23.2. The summed E-state index contributed by atoms with van der Waals surface area (Å²) in [5, 5.41) is 0. The van der Waals surface area contributed by atoms with Gasteiger partial charge in [-0.2, -0.15) is 0 Å². The Labute approximate surface area is 132 Å². The molecule has 1 saturated heterocycles. The van der Waals surface area contributed by atoms with E-state index in [2.05, 4.69) is 0 Å². The molecule has 0 bridgehead atoms. The van der Waals surface area contributed by atoms with Crippen LogP contribution in [0.15, 0.2) is 0 Å². The maximum atomic E-state index is 11.6. The third kappa shape index (κ3) is 4.29. The second-order valence-corrected chi connectivity index (χ2v) is 15.8. The third-order valence-electron chi connectivity index (χ3n) is 2.50. The molecule has 1 fully saturated rings. The molecular weight excluding hydrogens is 234 g/mol. The van der Waals surface area contributed by atoms with Crippen LogP contribution in [0.1, 0.15) is 20.3 Å². The van der Waals surface area contributed by atoms with E-state index in [1.807, 2.05) is 13.8 Å². The van der Waals surface area contributed by atoms with Crippen molar-refractivity contribution in [2.45, 2.75) is 45.0 Å². The summed E-state index contributed by atoms with van der Waals surface area (Å²) >= 11 is 0. The fraction of sp³-hybridized carbons (Fsp3) is 1.00. The van der Waals surface area contributed by atoms with Gasteiger partial charge < -0.3 is 14.0 Å². The van der Waals surface area contributed by atoms with E-state index in [9.17, 15) is 9.59 Å². The molecule has 0 unspecified atom stereocenters. The zero-order valence-electron chi connectivity index (χ0n) is 10.1. The van der Waals surface area contributed by atoms with Crippen LogP contribution in [0.5, 0.6) is 0 Å². The molecule has 0 amide bonds. The Kier molecular flexibility index (Phi) is 7.70. The average molecular weight is 250 g/mol.